The Morgan fingerprint density at radius 3 is 2.73 bits per heavy atom. The molecule has 12 heteroatoms. The van der Waals surface area contributed by atoms with Gasteiger partial charge >= 0.3 is 6.09 Å². The maximum atomic E-state index is 11.7. The van der Waals surface area contributed by atoms with Crippen LogP contribution in [0.25, 0.3) is 5.70 Å². The Kier molecular flexibility index (Phi) is 6.22. The van der Waals surface area contributed by atoms with Gasteiger partial charge in [0.25, 0.3) is 0 Å². The lowest BCUT2D eigenvalue weighted by molar-refractivity contribution is 0.168. The number of rotatable bonds is 4. The van der Waals surface area contributed by atoms with E-state index < -0.39 is 11.8 Å². The molecule has 0 aliphatic carbocycles. The van der Waals surface area contributed by atoms with E-state index >= 15 is 0 Å². The number of hydrogen-bond donors (Lipinski definition) is 2. The number of hydrogen-bond acceptors (Lipinski definition) is 8. The molecule has 0 saturated carbocycles. The average molecular weight is 466 g/mol. The van der Waals surface area contributed by atoms with E-state index in [1.165, 1.54) is 12.1 Å². The zero-order valence-electron chi connectivity index (χ0n) is 15.2. The number of amides is 1. The Labute approximate surface area is 184 Å². The van der Waals surface area contributed by atoms with Crippen molar-refractivity contribution in [2.24, 2.45) is 15.2 Å². The van der Waals surface area contributed by atoms with Crippen molar-refractivity contribution in [1.29, 1.82) is 5.26 Å². The first-order valence-electron chi connectivity index (χ1n) is 8.22. The molecule has 1 aliphatic rings. The zero-order valence-corrected chi connectivity index (χ0v) is 17.5. The van der Waals surface area contributed by atoms with Crippen LogP contribution in [0.5, 0.6) is 5.75 Å². The van der Waals surface area contributed by atoms with Gasteiger partial charge in [-0.1, -0.05) is 41.4 Å². The molecule has 0 saturated heterocycles. The Bertz CT molecular complexity index is 1280. The number of carbonyl (C=O) groups is 1. The number of nitriles is 1. The number of benzene rings is 1. The lowest BCUT2D eigenvalue weighted by Gasteiger charge is -2.11. The molecule has 0 fully saturated rings. The highest BCUT2D eigenvalue weighted by molar-refractivity contribution is 6.45. The summed E-state index contributed by atoms with van der Waals surface area (Å²) in [5.74, 6) is -0.454. The third-order valence-electron chi connectivity index (χ3n) is 3.78. The van der Waals surface area contributed by atoms with Crippen LogP contribution in [-0.2, 0) is 4.74 Å². The van der Waals surface area contributed by atoms with E-state index in [0.717, 1.165) is 0 Å². The standard InChI is InChI=1S/C18H11Cl3N6O3/c1-3-30-18(29)24-11-5-10(12(19)13(20)15(11)28)26-27-14-7(2)23-17-9(14)4-8(6-22)16(21)25-17/h4-5,28H,2-3H2,1H3,(H,24,29). The minimum atomic E-state index is -0.799. The van der Waals surface area contributed by atoms with Crippen molar-refractivity contribution in [1.82, 2.24) is 4.98 Å². The van der Waals surface area contributed by atoms with Gasteiger partial charge in [0, 0.05) is 0 Å². The number of anilines is 1. The molecule has 1 aliphatic heterocycles. The van der Waals surface area contributed by atoms with Crippen LogP contribution in [0.1, 0.15) is 12.5 Å². The lowest BCUT2D eigenvalue weighted by atomic mass is 10.2. The number of pyridine rings is 1. The molecule has 0 unspecified atom stereocenters. The van der Waals surface area contributed by atoms with Crippen molar-refractivity contribution in [3.8, 4) is 11.8 Å². The van der Waals surface area contributed by atoms with Crippen LogP contribution in [-0.4, -0.2) is 22.8 Å². The number of aromatic nitrogens is 1. The molecule has 3 rings (SSSR count). The number of ether oxygens (including phenoxy) is 1. The Hall–Kier alpha value is -3.19. The van der Waals surface area contributed by atoms with Gasteiger partial charge in [-0.25, -0.2) is 14.8 Å². The fraction of sp³-hybridized carbons (Fsp3) is 0.111. The SMILES string of the molecule is C=C1N=c2nc(Cl)c(C#N)cc2=C1N=Nc1cc(NC(=O)OCC)c(O)c(Cl)c1Cl. The number of fused-ring (bicyclic) bond motifs is 1. The monoisotopic (exact) mass is 464 g/mol. The number of halogens is 3. The minimum absolute atomic E-state index is 0.00836. The molecule has 0 spiro atoms. The molecule has 0 atom stereocenters. The van der Waals surface area contributed by atoms with Gasteiger partial charge in [0.15, 0.2) is 11.2 Å². The van der Waals surface area contributed by atoms with Crippen molar-refractivity contribution in [2.45, 2.75) is 6.92 Å². The smallest absolute Gasteiger partial charge is 0.411 e. The highest BCUT2D eigenvalue weighted by atomic mass is 35.5. The molecular weight excluding hydrogens is 455 g/mol. The maximum Gasteiger partial charge on any atom is 0.411 e. The second kappa shape index (κ2) is 8.67. The van der Waals surface area contributed by atoms with Crippen molar-refractivity contribution in [2.75, 3.05) is 11.9 Å². The quantitative estimate of drug-likeness (QED) is 0.396. The van der Waals surface area contributed by atoms with Crippen molar-refractivity contribution in [3.63, 3.8) is 0 Å². The van der Waals surface area contributed by atoms with E-state index in [4.69, 9.17) is 44.8 Å². The number of nitrogens with zero attached hydrogens (tertiary/aromatic N) is 5. The largest absolute Gasteiger partial charge is 0.504 e. The number of phenolic OH excluding ortho intramolecular Hbond substituents is 1. The number of phenols is 1. The second-order valence-electron chi connectivity index (χ2n) is 5.68. The fourth-order valence-corrected chi connectivity index (χ4v) is 2.98. The normalized spacial score (nSPS) is 12.5. The van der Waals surface area contributed by atoms with Crippen LogP contribution >= 0.6 is 34.8 Å². The van der Waals surface area contributed by atoms with E-state index in [1.54, 1.807) is 6.92 Å². The first-order valence-corrected chi connectivity index (χ1v) is 9.35. The molecule has 2 heterocycles. The van der Waals surface area contributed by atoms with Gasteiger partial charge < -0.3 is 9.84 Å². The summed E-state index contributed by atoms with van der Waals surface area (Å²) >= 11 is 18.1. The molecule has 2 N–H and O–H groups in total. The summed E-state index contributed by atoms with van der Waals surface area (Å²) in [6.45, 7) is 5.54. The zero-order chi connectivity index (χ0) is 22.0. The van der Waals surface area contributed by atoms with Crippen LogP contribution in [0.15, 0.2) is 39.6 Å². The summed E-state index contributed by atoms with van der Waals surface area (Å²) in [6, 6.07) is 4.66. The first kappa shape index (κ1) is 21.5. The van der Waals surface area contributed by atoms with E-state index in [0.29, 0.717) is 5.22 Å². The predicted octanol–water partition coefficient (Wildman–Crippen LogP) is 4.23. The molecule has 9 nitrogen and oxygen atoms in total. The van der Waals surface area contributed by atoms with Crippen LogP contribution in [0.4, 0.5) is 16.2 Å². The highest BCUT2D eigenvalue weighted by Gasteiger charge is 2.19. The summed E-state index contributed by atoms with van der Waals surface area (Å²) in [5, 5.41) is 29.8. The Morgan fingerprint density at radius 2 is 2.07 bits per heavy atom. The number of carbonyl (C=O) groups excluding carboxylic acids is 1. The van der Waals surface area contributed by atoms with Gasteiger partial charge in [-0.3, -0.25) is 5.32 Å². The van der Waals surface area contributed by atoms with Crippen LogP contribution in [0.2, 0.25) is 15.2 Å². The van der Waals surface area contributed by atoms with Gasteiger partial charge in [0.1, 0.15) is 27.6 Å². The van der Waals surface area contributed by atoms with Gasteiger partial charge in [-0.05, 0) is 19.1 Å². The fourth-order valence-electron chi connectivity index (χ4n) is 2.42. The van der Waals surface area contributed by atoms with Crippen molar-refractivity contribution in [3.05, 3.63) is 55.9 Å². The minimum Gasteiger partial charge on any atom is -0.504 e. The van der Waals surface area contributed by atoms with E-state index in [2.05, 4.69) is 32.1 Å². The topological polar surface area (TPSA) is 132 Å². The third kappa shape index (κ3) is 4.07. The second-order valence-corrected chi connectivity index (χ2v) is 6.80. The molecule has 1 aromatic carbocycles. The number of azo groups is 1. The molecule has 152 valence electrons. The van der Waals surface area contributed by atoms with E-state index in [1.807, 2.05) is 6.07 Å². The highest BCUT2D eigenvalue weighted by Crippen LogP contribution is 2.44. The lowest BCUT2D eigenvalue weighted by Crippen LogP contribution is -2.27. The van der Waals surface area contributed by atoms with Gasteiger partial charge in [-0.15, -0.1) is 10.2 Å². The maximum absolute atomic E-state index is 11.7. The Morgan fingerprint density at radius 1 is 1.33 bits per heavy atom. The van der Waals surface area contributed by atoms with Crippen molar-refractivity contribution < 1.29 is 14.6 Å². The molecular formula is C18H11Cl3N6O3. The van der Waals surface area contributed by atoms with Gasteiger partial charge in [-0.2, -0.15) is 5.26 Å². The number of nitrogens with one attached hydrogen (secondary N) is 1. The van der Waals surface area contributed by atoms with Gasteiger partial charge in [0.05, 0.1) is 33.8 Å². The summed E-state index contributed by atoms with van der Waals surface area (Å²) < 4.78 is 4.77. The summed E-state index contributed by atoms with van der Waals surface area (Å²) in [6.07, 6.45) is -0.799. The molecule has 30 heavy (non-hydrogen) atoms. The molecule has 1 aromatic heterocycles. The molecule has 0 bridgehead atoms. The molecule has 0 radical (unpaired) electrons. The van der Waals surface area contributed by atoms with Crippen LogP contribution in [0, 0.1) is 11.3 Å². The number of aromatic hydroxyl groups is 1. The average Bonchev–Trinajstić information content (AvgIpc) is 3.00. The summed E-state index contributed by atoms with van der Waals surface area (Å²) in [7, 11) is 0. The van der Waals surface area contributed by atoms with Crippen molar-refractivity contribution >= 4 is 58.0 Å². The van der Waals surface area contributed by atoms with E-state index in [-0.39, 0.29) is 55.6 Å². The third-order valence-corrected chi connectivity index (χ3v) is 4.91. The Balaban J connectivity index is 2.08. The van der Waals surface area contributed by atoms with Gasteiger partial charge in [0.2, 0.25) is 0 Å². The predicted molar refractivity (Wildman–Crippen MR) is 111 cm³/mol. The van der Waals surface area contributed by atoms with Crippen LogP contribution in [0.3, 0.4) is 0 Å². The summed E-state index contributed by atoms with van der Waals surface area (Å²) in [5.41, 5.74) is 0.848. The van der Waals surface area contributed by atoms with E-state index in [9.17, 15) is 9.90 Å². The first-order chi connectivity index (χ1) is 14.3. The molecule has 1 amide bonds. The van der Waals surface area contributed by atoms with Crippen LogP contribution < -0.4 is 16.0 Å². The summed E-state index contributed by atoms with van der Waals surface area (Å²) in [4.78, 5) is 19.9. The molecule has 2 aromatic rings.